The minimum Gasteiger partial charge on any atom is -0.469 e. The lowest BCUT2D eigenvalue weighted by Gasteiger charge is -2.19. The van der Waals surface area contributed by atoms with E-state index in [0.29, 0.717) is 13.0 Å². The molecule has 0 aliphatic heterocycles. The molecule has 0 bridgehead atoms. The predicted molar refractivity (Wildman–Crippen MR) is 66.3 cm³/mol. The average Bonchev–Trinajstić information content (AvgIpc) is 2.35. The van der Waals surface area contributed by atoms with E-state index >= 15 is 0 Å². The Hall–Kier alpha value is -1.85. The Kier molecular flexibility index (Phi) is 4.68. The molecule has 17 heavy (non-hydrogen) atoms. The third-order valence-electron chi connectivity index (χ3n) is 2.37. The second-order valence-corrected chi connectivity index (χ2v) is 3.88. The number of ether oxygens (including phenoxy) is 1. The molecule has 0 radical (unpaired) electrons. The molecule has 0 aliphatic rings. The van der Waals surface area contributed by atoms with Crippen molar-refractivity contribution in [2.45, 2.75) is 6.42 Å². The van der Waals surface area contributed by atoms with Crippen molar-refractivity contribution >= 4 is 17.6 Å². The Labute approximate surface area is 101 Å². The first-order valence-electron chi connectivity index (χ1n) is 5.32. The summed E-state index contributed by atoms with van der Waals surface area (Å²) in [6.07, 6.45) is 1.85. The van der Waals surface area contributed by atoms with Crippen molar-refractivity contribution in [1.29, 1.82) is 0 Å². The summed E-state index contributed by atoms with van der Waals surface area (Å²) >= 11 is 0. The molecule has 94 valence electrons. The van der Waals surface area contributed by atoms with Crippen LogP contribution >= 0.6 is 0 Å². The third-order valence-corrected chi connectivity index (χ3v) is 2.37. The van der Waals surface area contributed by atoms with E-state index in [9.17, 15) is 4.79 Å². The fourth-order valence-electron chi connectivity index (χ4n) is 1.27. The fraction of sp³-hybridized carbons (Fsp3) is 0.545. The fourth-order valence-corrected chi connectivity index (χ4v) is 1.27. The number of hydrogen-bond donors (Lipinski definition) is 0. The van der Waals surface area contributed by atoms with Gasteiger partial charge in [-0.3, -0.25) is 4.79 Å². The lowest BCUT2D eigenvalue weighted by atomic mass is 10.4. The van der Waals surface area contributed by atoms with E-state index in [1.807, 2.05) is 37.0 Å². The van der Waals surface area contributed by atoms with Crippen LogP contribution in [-0.4, -0.2) is 50.7 Å². The van der Waals surface area contributed by atoms with Crippen LogP contribution in [0.5, 0.6) is 0 Å². The molecule has 0 N–H and O–H groups in total. The van der Waals surface area contributed by atoms with Gasteiger partial charge in [0.05, 0.1) is 13.5 Å². The maximum atomic E-state index is 11.0. The number of aromatic nitrogens is 2. The molecular weight excluding hydrogens is 220 g/mol. The van der Waals surface area contributed by atoms with Gasteiger partial charge in [0, 0.05) is 33.8 Å². The van der Waals surface area contributed by atoms with Gasteiger partial charge in [0.25, 0.3) is 0 Å². The number of nitrogens with zero attached hydrogens (tertiary/aromatic N) is 4. The third kappa shape index (κ3) is 3.90. The molecule has 6 nitrogen and oxygen atoms in total. The number of rotatable bonds is 5. The van der Waals surface area contributed by atoms with Gasteiger partial charge in [0.15, 0.2) is 0 Å². The van der Waals surface area contributed by atoms with Gasteiger partial charge in [-0.05, 0) is 0 Å². The summed E-state index contributed by atoms with van der Waals surface area (Å²) in [4.78, 5) is 23.1. The Morgan fingerprint density at radius 1 is 1.29 bits per heavy atom. The molecule has 1 aromatic heterocycles. The first-order valence-corrected chi connectivity index (χ1v) is 5.32. The lowest BCUT2D eigenvalue weighted by molar-refractivity contribution is -0.140. The molecule has 0 amide bonds. The van der Waals surface area contributed by atoms with Crippen molar-refractivity contribution in [3.8, 4) is 0 Å². The van der Waals surface area contributed by atoms with Crippen molar-refractivity contribution in [2.75, 3.05) is 44.6 Å². The molecule has 0 aliphatic carbocycles. The molecule has 0 unspecified atom stereocenters. The zero-order valence-electron chi connectivity index (χ0n) is 10.7. The Bertz CT molecular complexity index is 381. The summed E-state index contributed by atoms with van der Waals surface area (Å²) < 4.78 is 4.59. The number of hydrogen-bond acceptors (Lipinski definition) is 6. The summed E-state index contributed by atoms with van der Waals surface area (Å²) in [6, 6.07) is 1.87. The number of carbonyl (C=O) groups is 1. The van der Waals surface area contributed by atoms with Crippen LogP contribution in [0, 0.1) is 0 Å². The van der Waals surface area contributed by atoms with Crippen molar-refractivity contribution in [1.82, 2.24) is 9.97 Å². The van der Waals surface area contributed by atoms with Crippen LogP contribution in [0.2, 0.25) is 0 Å². The van der Waals surface area contributed by atoms with Gasteiger partial charge in [-0.2, -0.15) is 0 Å². The molecule has 0 aromatic carbocycles. The van der Waals surface area contributed by atoms with Gasteiger partial charge in [-0.15, -0.1) is 0 Å². The predicted octanol–water partition coefficient (Wildman–Crippen LogP) is 0.542. The molecule has 1 heterocycles. The molecule has 6 heteroatoms. The second kappa shape index (κ2) is 6.03. The largest absolute Gasteiger partial charge is 0.469 e. The topological polar surface area (TPSA) is 58.6 Å². The monoisotopic (exact) mass is 238 g/mol. The highest BCUT2D eigenvalue weighted by Gasteiger charge is 2.08. The van der Waals surface area contributed by atoms with Gasteiger partial charge in [0.1, 0.15) is 18.0 Å². The normalized spacial score (nSPS) is 9.88. The Morgan fingerprint density at radius 2 is 1.94 bits per heavy atom. The number of methoxy groups -OCH3 is 1. The van der Waals surface area contributed by atoms with E-state index in [2.05, 4.69) is 14.7 Å². The lowest BCUT2D eigenvalue weighted by Crippen LogP contribution is -2.23. The van der Waals surface area contributed by atoms with Crippen LogP contribution < -0.4 is 9.80 Å². The molecule has 0 spiro atoms. The quantitative estimate of drug-likeness (QED) is 0.698. The summed E-state index contributed by atoms with van der Waals surface area (Å²) in [5.74, 6) is 1.39. The standard InChI is InChI=1S/C11H18N4O2/c1-14(2)9-7-10(13-8-12-9)15(3)6-5-11(16)17-4/h7-8H,5-6H2,1-4H3. The summed E-state index contributed by atoms with van der Waals surface area (Å²) in [7, 11) is 7.10. The first kappa shape index (κ1) is 13.2. The number of anilines is 2. The SMILES string of the molecule is COC(=O)CCN(C)c1cc(N(C)C)ncn1. The maximum Gasteiger partial charge on any atom is 0.307 e. The van der Waals surface area contributed by atoms with Crippen molar-refractivity contribution in [3.63, 3.8) is 0 Å². The molecule has 0 saturated heterocycles. The minimum absolute atomic E-state index is 0.223. The van der Waals surface area contributed by atoms with Crippen LogP contribution in [0.1, 0.15) is 6.42 Å². The van der Waals surface area contributed by atoms with Crippen molar-refractivity contribution in [3.05, 3.63) is 12.4 Å². The van der Waals surface area contributed by atoms with Crippen LogP contribution in [0.15, 0.2) is 12.4 Å². The van der Waals surface area contributed by atoms with E-state index in [4.69, 9.17) is 0 Å². The van der Waals surface area contributed by atoms with E-state index in [0.717, 1.165) is 11.6 Å². The van der Waals surface area contributed by atoms with Gasteiger partial charge in [-0.1, -0.05) is 0 Å². The Balaban J connectivity index is 2.65. The highest BCUT2D eigenvalue weighted by Crippen LogP contribution is 2.14. The van der Waals surface area contributed by atoms with Gasteiger partial charge in [0.2, 0.25) is 0 Å². The molecule has 1 rings (SSSR count). The summed E-state index contributed by atoms with van der Waals surface area (Å²) in [6.45, 7) is 0.566. The average molecular weight is 238 g/mol. The molecule has 0 fully saturated rings. The minimum atomic E-state index is -0.223. The maximum absolute atomic E-state index is 11.0. The van der Waals surface area contributed by atoms with Crippen molar-refractivity contribution in [2.24, 2.45) is 0 Å². The zero-order valence-corrected chi connectivity index (χ0v) is 10.7. The van der Waals surface area contributed by atoms with Gasteiger partial charge >= 0.3 is 5.97 Å². The zero-order chi connectivity index (χ0) is 12.8. The second-order valence-electron chi connectivity index (χ2n) is 3.88. The van der Waals surface area contributed by atoms with E-state index in [1.54, 1.807) is 0 Å². The summed E-state index contributed by atoms with van der Waals surface area (Å²) in [5.41, 5.74) is 0. The van der Waals surface area contributed by atoms with E-state index in [1.165, 1.54) is 13.4 Å². The molecule has 0 atom stereocenters. The Morgan fingerprint density at radius 3 is 2.53 bits per heavy atom. The highest BCUT2D eigenvalue weighted by atomic mass is 16.5. The van der Waals surface area contributed by atoms with Gasteiger partial charge < -0.3 is 14.5 Å². The highest BCUT2D eigenvalue weighted by molar-refractivity contribution is 5.69. The smallest absolute Gasteiger partial charge is 0.307 e. The van der Waals surface area contributed by atoms with Crippen LogP contribution in [0.25, 0.3) is 0 Å². The van der Waals surface area contributed by atoms with E-state index in [-0.39, 0.29) is 5.97 Å². The summed E-state index contributed by atoms with van der Waals surface area (Å²) in [5, 5.41) is 0. The number of esters is 1. The first-order chi connectivity index (χ1) is 8.04. The van der Waals surface area contributed by atoms with Gasteiger partial charge in [-0.25, -0.2) is 9.97 Å². The van der Waals surface area contributed by atoms with Crippen LogP contribution in [-0.2, 0) is 9.53 Å². The van der Waals surface area contributed by atoms with Crippen LogP contribution in [0.4, 0.5) is 11.6 Å². The molecule has 0 saturated carbocycles. The van der Waals surface area contributed by atoms with E-state index < -0.39 is 0 Å². The van der Waals surface area contributed by atoms with Crippen molar-refractivity contribution < 1.29 is 9.53 Å². The molecular formula is C11H18N4O2. The van der Waals surface area contributed by atoms with Crippen LogP contribution in [0.3, 0.4) is 0 Å². The number of carbonyl (C=O) groups excluding carboxylic acids is 1. The molecule has 1 aromatic rings.